The van der Waals surface area contributed by atoms with Gasteiger partial charge in [0, 0.05) is 22.7 Å². The van der Waals surface area contributed by atoms with E-state index >= 15 is 0 Å². The highest BCUT2D eigenvalue weighted by molar-refractivity contribution is 7.98. The SMILES string of the molecule is CSc1ccc(/C=N\NC(=O)C(=O)Nc2ccc([N+](=O)[O-])cc2)cc1. The molecule has 0 bridgehead atoms. The van der Waals surface area contributed by atoms with Crippen LogP contribution in [0.25, 0.3) is 0 Å². The largest absolute Gasteiger partial charge is 0.329 e. The van der Waals surface area contributed by atoms with Crippen molar-refractivity contribution in [3.63, 3.8) is 0 Å². The average Bonchev–Trinajstić information content (AvgIpc) is 2.62. The van der Waals surface area contributed by atoms with E-state index in [9.17, 15) is 19.7 Å². The topological polar surface area (TPSA) is 114 Å². The Balaban J connectivity index is 1.87. The van der Waals surface area contributed by atoms with Crippen LogP contribution in [-0.2, 0) is 9.59 Å². The molecule has 8 nitrogen and oxygen atoms in total. The van der Waals surface area contributed by atoms with E-state index in [1.807, 2.05) is 30.5 Å². The Morgan fingerprint density at radius 2 is 1.72 bits per heavy atom. The van der Waals surface area contributed by atoms with Gasteiger partial charge in [-0.05, 0) is 36.1 Å². The lowest BCUT2D eigenvalue weighted by molar-refractivity contribution is -0.384. The van der Waals surface area contributed by atoms with E-state index in [1.165, 1.54) is 30.5 Å². The minimum atomic E-state index is -0.949. The van der Waals surface area contributed by atoms with Gasteiger partial charge in [0.15, 0.2) is 0 Å². The Morgan fingerprint density at radius 1 is 1.08 bits per heavy atom. The molecule has 25 heavy (non-hydrogen) atoms. The van der Waals surface area contributed by atoms with Crippen LogP contribution in [0.15, 0.2) is 58.5 Å². The zero-order chi connectivity index (χ0) is 18.2. The second-order valence-corrected chi connectivity index (χ2v) is 5.61. The van der Waals surface area contributed by atoms with Gasteiger partial charge in [0.2, 0.25) is 0 Å². The quantitative estimate of drug-likeness (QED) is 0.280. The maximum atomic E-state index is 11.7. The maximum Gasteiger partial charge on any atom is 0.329 e. The van der Waals surface area contributed by atoms with Crippen LogP contribution in [-0.4, -0.2) is 29.2 Å². The fourth-order valence-corrected chi connectivity index (χ4v) is 2.17. The molecule has 2 aromatic rings. The average molecular weight is 358 g/mol. The number of nitrogens with zero attached hydrogens (tertiary/aromatic N) is 2. The number of hydrazone groups is 1. The van der Waals surface area contributed by atoms with Crippen molar-refractivity contribution < 1.29 is 14.5 Å². The van der Waals surface area contributed by atoms with E-state index < -0.39 is 16.7 Å². The molecule has 2 aromatic carbocycles. The number of carbonyl (C=O) groups is 2. The van der Waals surface area contributed by atoms with Gasteiger partial charge in [-0.15, -0.1) is 11.8 Å². The van der Waals surface area contributed by atoms with E-state index in [4.69, 9.17) is 0 Å². The van der Waals surface area contributed by atoms with Crippen LogP contribution in [0.1, 0.15) is 5.56 Å². The zero-order valence-electron chi connectivity index (χ0n) is 13.1. The van der Waals surface area contributed by atoms with Crippen molar-refractivity contribution in [2.24, 2.45) is 5.10 Å². The number of hydrogen-bond donors (Lipinski definition) is 2. The normalized spacial score (nSPS) is 10.4. The molecule has 0 saturated heterocycles. The molecule has 0 aliphatic rings. The molecular weight excluding hydrogens is 344 g/mol. The molecule has 0 radical (unpaired) electrons. The third-order valence-electron chi connectivity index (χ3n) is 3.04. The van der Waals surface area contributed by atoms with E-state index in [2.05, 4.69) is 15.8 Å². The Bertz CT molecular complexity index is 804. The molecule has 0 fully saturated rings. The second kappa shape index (κ2) is 8.60. The van der Waals surface area contributed by atoms with Crippen LogP contribution in [0, 0.1) is 10.1 Å². The highest BCUT2D eigenvalue weighted by Gasteiger charge is 2.13. The van der Waals surface area contributed by atoms with Gasteiger partial charge in [0.05, 0.1) is 11.1 Å². The number of hydrogen-bond acceptors (Lipinski definition) is 6. The monoisotopic (exact) mass is 358 g/mol. The van der Waals surface area contributed by atoms with Gasteiger partial charge in [-0.1, -0.05) is 12.1 Å². The predicted molar refractivity (Wildman–Crippen MR) is 95.7 cm³/mol. The Morgan fingerprint density at radius 3 is 2.28 bits per heavy atom. The molecule has 2 rings (SSSR count). The maximum absolute atomic E-state index is 11.7. The third-order valence-corrected chi connectivity index (χ3v) is 3.78. The minimum absolute atomic E-state index is 0.112. The van der Waals surface area contributed by atoms with Crippen molar-refractivity contribution in [2.75, 3.05) is 11.6 Å². The van der Waals surface area contributed by atoms with Crippen molar-refractivity contribution >= 4 is 41.2 Å². The standard InChI is InChI=1S/C16H14N4O4S/c1-25-14-8-2-11(3-9-14)10-17-19-16(22)15(21)18-12-4-6-13(7-5-12)20(23)24/h2-10H,1H3,(H,18,21)(H,19,22)/b17-10-. The summed E-state index contributed by atoms with van der Waals surface area (Å²) in [6, 6.07) is 12.6. The van der Waals surface area contributed by atoms with Gasteiger partial charge < -0.3 is 5.32 Å². The fourth-order valence-electron chi connectivity index (χ4n) is 1.76. The molecule has 0 aromatic heterocycles. The Labute approximate surface area is 147 Å². The number of anilines is 1. The molecule has 0 saturated carbocycles. The van der Waals surface area contributed by atoms with E-state index in [1.54, 1.807) is 11.8 Å². The summed E-state index contributed by atoms with van der Waals surface area (Å²) in [5.41, 5.74) is 3.04. The number of nitro benzene ring substituents is 1. The highest BCUT2D eigenvalue weighted by atomic mass is 32.2. The van der Waals surface area contributed by atoms with Crippen molar-refractivity contribution in [2.45, 2.75) is 4.90 Å². The summed E-state index contributed by atoms with van der Waals surface area (Å²) in [7, 11) is 0. The molecule has 0 spiro atoms. The second-order valence-electron chi connectivity index (χ2n) is 4.73. The van der Waals surface area contributed by atoms with Crippen LogP contribution in [0.4, 0.5) is 11.4 Å². The lowest BCUT2D eigenvalue weighted by Crippen LogP contribution is -2.32. The van der Waals surface area contributed by atoms with Crippen molar-refractivity contribution in [1.82, 2.24) is 5.43 Å². The van der Waals surface area contributed by atoms with Gasteiger partial charge in [0.25, 0.3) is 5.69 Å². The van der Waals surface area contributed by atoms with Crippen LogP contribution >= 0.6 is 11.8 Å². The van der Waals surface area contributed by atoms with Gasteiger partial charge in [0.1, 0.15) is 0 Å². The van der Waals surface area contributed by atoms with E-state index in [0.29, 0.717) is 0 Å². The zero-order valence-corrected chi connectivity index (χ0v) is 13.9. The molecule has 0 unspecified atom stereocenters. The van der Waals surface area contributed by atoms with E-state index in [0.717, 1.165) is 10.5 Å². The molecule has 0 atom stereocenters. The summed E-state index contributed by atoms with van der Waals surface area (Å²) in [4.78, 5) is 34.5. The number of nitrogens with one attached hydrogen (secondary N) is 2. The Hall–Kier alpha value is -3.20. The number of benzene rings is 2. The van der Waals surface area contributed by atoms with Gasteiger partial charge >= 0.3 is 11.8 Å². The van der Waals surface area contributed by atoms with Crippen LogP contribution in [0.5, 0.6) is 0 Å². The molecular formula is C16H14N4O4S. The summed E-state index contributed by atoms with van der Waals surface area (Å²) in [6.45, 7) is 0. The van der Waals surface area contributed by atoms with Gasteiger partial charge in [-0.3, -0.25) is 19.7 Å². The predicted octanol–water partition coefficient (Wildman–Crippen LogP) is 2.41. The first-order valence-electron chi connectivity index (χ1n) is 7.02. The lowest BCUT2D eigenvalue weighted by atomic mass is 10.2. The number of thioether (sulfide) groups is 1. The molecule has 2 amide bonds. The van der Waals surface area contributed by atoms with Gasteiger partial charge in [-0.2, -0.15) is 5.10 Å². The first kappa shape index (κ1) is 18.1. The third kappa shape index (κ3) is 5.43. The molecule has 0 heterocycles. The first-order chi connectivity index (χ1) is 12.0. The van der Waals surface area contributed by atoms with Crippen molar-refractivity contribution in [3.8, 4) is 0 Å². The summed E-state index contributed by atoms with van der Waals surface area (Å²) >= 11 is 1.61. The van der Waals surface area contributed by atoms with Gasteiger partial charge in [-0.25, -0.2) is 5.43 Å². The highest BCUT2D eigenvalue weighted by Crippen LogP contribution is 2.15. The van der Waals surface area contributed by atoms with Crippen LogP contribution < -0.4 is 10.7 Å². The molecule has 128 valence electrons. The Kier molecular flexibility index (Phi) is 6.24. The number of amides is 2. The number of rotatable bonds is 5. The van der Waals surface area contributed by atoms with Crippen molar-refractivity contribution in [3.05, 3.63) is 64.2 Å². The molecule has 9 heteroatoms. The van der Waals surface area contributed by atoms with Crippen molar-refractivity contribution in [1.29, 1.82) is 0 Å². The summed E-state index contributed by atoms with van der Waals surface area (Å²) in [5, 5.41) is 16.6. The smallest absolute Gasteiger partial charge is 0.318 e. The summed E-state index contributed by atoms with van der Waals surface area (Å²) in [6.07, 6.45) is 3.38. The van der Waals surface area contributed by atoms with E-state index in [-0.39, 0.29) is 11.4 Å². The number of nitro groups is 1. The first-order valence-corrected chi connectivity index (χ1v) is 8.25. The molecule has 2 N–H and O–H groups in total. The minimum Gasteiger partial charge on any atom is -0.318 e. The molecule has 0 aliphatic carbocycles. The lowest BCUT2D eigenvalue weighted by Gasteiger charge is -2.03. The number of carbonyl (C=O) groups excluding carboxylic acids is 2. The summed E-state index contributed by atoms with van der Waals surface area (Å²) < 4.78 is 0. The number of non-ortho nitro benzene ring substituents is 1. The fraction of sp³-hybridized carbons (Fsp3) is 0.0625. The van der Waals surface area contributed by atoms with Crippen LogP contribution in [0.2, 0.25) is 0 Å². The molecule has 0 aliphatic heterocycles. The summed E-state index contributed by atoms with van der Waals surface area (Å²) in [5.74, 6) is -1.88. The van der Waals surface area contributed by atoms with Crippen LogP contribution in [0.3, 0.4) is 0 Å².